The van der Waals surface area contributed by atoms with Crippen LogP contribution in [-0.4, -0.2) is 18.1 Å². The number of thiazole rings is 1. The normalized spacial score (nSPS) is 18.8. The predicted octanol–water partition coefficient (Wildman–Crippen LogP) is 3.99. The van der Waals surface area contributed by atoms with Crippen molar-refractivity contribution in [2.45, 2.75) is 59.4 Å². The fraction of sp³-hybridized carbons (Fsp3) is 0.812. The van der Waals surface area contributed by atoms with E-state index in [1.54, 1.807) is 0 Å². The van der Waals surface area contributed by atoms with Crippen LogP contribution in [0.15, 0.2) is 0 Å². The summed E-state index contributed by atoms with van der Waals surface area (Å²) in [5.74, 6) is 2.21. The van der Waals surface area contributed by atoms with Gasteiger partial charge in [0.2, 0.25) is 0 Å². The van der Waals surface area contributed by atoms with Crippen LogP contribution in [0.3, 0.4) is 0 Å². The van der Waals surface area contributed by atoms with Gasteiger partial charge in [0.05, 0.1) is 5.69 Å². The molecule has 2 N–H and O–H groups in total. The van der Waals surface area contributed by atoms with Gasteiger partial charge in [0.1, 0.15) is 0 Å². The molecule has 0 amide bonds. The largest absolute Gasteiger partial charge is 0.348 e. The summed E-state index contributed by atoms with van der Waals surface area (Å²) >= 11 is 1.81. The maximum atomic E-state index is 5.90. The van der Waals surface area contributed by atoms with Crippen LogP contribution in [0.5, 0.6) is 0 Å². The van der Waals surface area contributed by atoms with Crippen LogP contribution in [-0.2, 0) is 6.54 Å². The van der Waals surface area contributed by atoms with Gasteiger partial charge in [-0.2, -0.15) is 0 Å². The van der Waals surface area contributed by atoms with Gasteiger partial charge < -0.3 is 10.6 Å². The molecule has 4 heteroatoms. The van der Waals surface area contributed by atoms with Crippen LogP contribution in [0.25, 0.3) is 0 Å². The SMILES string of the molecule is CCC(C)c1nc(N2CCC(C(C)C)CC2)sc1CN. The van der Waals surface area contributed by atoms with Crippen LogP contribution < -0.4 is 10.6 Å². The molecule has 1 aliphatic rings. The third-order valence-electron chi connectivity index (χ3n) is 4.73. The minimum Gasteiger partial charge on any atom is -0.348 e. The van der Waals surface area contributed by atoms with E-state index in [0.29, 0.717) is 12.5 Å². The molecule has 1 aromatic rings. The van der Waals surface area contributed by atoms with Crippen molar-refractivity contribution in [1.82, 2.24) is 4.98 Å². The third-order valence-corrected chi connectivity index (χ3v) is 5.89. The van der Waals surface area contributed by atoms with Crippen molar-refractivity contribution < 1.29 is 0 Å². The van der Waals surface area contributed by atoms with Gasteiger partial charge in [-0.25, -0.2) is 4.98 Å². The number of hydrogen-bond acceptors (Lipinski definition) is 4. The molecular formula is C16H29N3S. The van der Waals surface area contributed by atoms with Gasteiger partial charge in [-0.1, -0.05) is 27.7 Å². The fourth-order valence-electron chi connectivity index (χ4n) is 2.97. The molecule has 1 unspecified atom stereocenters. The number of aromatic nitrogens is 1. The van der Waals surface area contributed by atoms with Crippen molar-refractivity contribution in [2.24, 2.45) is 17.6 Å². The molecule has 0 spiro atoms. The van der Waals surface area contributed by atoms with Crippen molar-refractivity contribution in [2.75, 3.05) is 18.0 Å². The highest BCUT2D eigenvalue weighted by molar-refractivity contribution is 7.15. The summed E-state index contributed by atoms with van der Waals surface area (Å²) in [5.41, 5.74) is 7.14. The molecule has 1 saturated heterocycles. The molecular weight excluding hydrogens is 266 g/mol. The van der Waals surface area contributed by atoms with E-state index in [0.717, 1.165) is 31.3 Å². The molecule has 1 aliphatic heterocycles. The highest BCUT2D eigenvalue weighted by atomic mass is 32.1. The van der Waals surface area contributed by atoms with Gasteiger partial charge in [0.25, 0.3) is 0 Å². The molecule has 1 fully saturated rings. The van der Waals surface area contributed by atoms with Gasteiger partial charge in [-0.15, -0.1) is 11.3 Å². The quantitative estimate of drug-likeness (QED) is 0.893. The highest BCUT2D eigenvalue weighted by Gasteiger charge is 2.25. The second-order valence-corrected chi connectivity index (χ2v) is 7.45. The average Bonchev–Trinajstić information content (AvgIpc) is 2.90. The van der Waals surface area contributed by atoms with Gasteiger partial charge >= 0.3 is 0 Å². The number of hydrogen-bond donors (Lipinski definition) is 1. The van der Waals surface area contributed by atoms with E-state index >= 15 is 0 Å². The molecule has 0 aliphatic carbocycles. The Morgan fingerprint density at radius 3 is 2.45 bits per heavy atom. The van der Waals surface area contributed by atoms with Crippen molar-refractivity contribution in [3.8, 4) is 0 Å². The zero-order chi connectivity index (χ0) is 14.7. The smallest absolute Gasteiger partial charge is 0.185 e. The minimum atomic E-state index is 0.520. The van der Waals surface area contributed by atoms with E-state index in [2.05, 4.69) is 32.6 Å². The Labute approximate surface area is 127 Å². The lowest BCUT2D eigenvalue weighted by molar-refractivity contribution is 0.311. The summed E-state index contributed by atoms with van der Waals surface area (Å²) < 4.78 is 0. The lowest BCUT2D eigenvalue weighted by Crippen LogP contribution is -2.35. The van der Waals surface area contributed by atoms with Crippen molar-refractivity contribution in [3.05, 3.63) is 10.6 Å². The summed E-state index contributed by atoms with van der Waals surface area (Å²) in [5, 5.41) is 1.20. The summed E-state index contributed by atoms with van der Waals surface area (Å²) in [6, 6.07) is 0. The molecule has 0 bridgehead atoms. The molecule has 0 radical (unpaired) electrons. The molecule has 114 valence electrons. The maximum Gasteiger partial charge on any atom is 0.185 e. The summed E-state index contributed by atoms with van der Waals surface area (Å²) in [6.07, 6.45) is 3.73. The maximum absolute atomic E-state index is 5.90. The van der Waals surface area contributed by atoms with Crippen molar-refractivity contribution in [3.63, 3.8) is 0 Å². The Morgan fingerprint density at radius 2 is 1.95 bits per heavy atom. The number of rotatable bonds is 5. The molecule has 1 aromatic heterocycles. The first-order chi connectivity index (χ1) is 9.56. The Bertz CT molecular complexity index is 419. The van der Waals surface area contributed by atoms with Crippen molar-refractivity contribution >= 4 is 16.5 Å². The summed E-state index contributed by atoms with van der Waals surface area (Å²) in [4.78, 5) is 8.65. The third kappa shape index (κ3) is 3.34. The lowest BCUT2D eigenvalue weighted by Gasteiger charge is -2.33. The number of anilines is 1. The standard InChI is InChI=1S/C16H29N3S/c1-5-12(4)15-14(10-17)20-16(18-15)19-8-6-13(7-9-19)11(2)3/h11-13H,5-10,17H2,1-4H3. The Hall–Kier alpha value is -0.610. The predicted molar refractivity (Wildman–Crippen MR) is 88.5 cm³/mol. The number of piperidine rings is 1. The van der Waals surface area contributed by atoms with Gasteiger partial charge in [-0.3, -0.25) is 0 Å². The Kier molecular flexibility index (Phi) is 5.44. The number of nitrogens with two attached hydrogens (primary N) is 1. The van der Waals surface area contributed by atoms with Gasteiger partial charge in [0.15, 0.2) is 5.13 Å². The molecule has 2 heterocycles. The molecule has 20 heavy (non-hydrogen) atoms. The topological polar surface area (TPSA) is 42.2 Å². The molecule has 0 aromatic carbocycles. The van der Waals surface area contributed by atoms with Crippen molar-refractivity contribution in [1.29, 1.82) is 0 Å². The van der Waals surface area contributed by atoms with Gasteiger partial charge in [-0.05, 0) is 37.0 Å². The second kappa shape index (κ2) is 6.90. The zero-order valence-corrected chi connectivity index (χ0v) is 14.2. The summed E-state index contributed by atoms with van der Waals surface area (Å²) in [6.45, 7) is 12.1. The zero-order valence-electron chi connectivity index (χ0n) is 13.4. The van der Waals surface area contributed by atoms with E-state index in [1.165, 1.54) is 28.5 Å². The Morgan fingerprint density at radius 1 is 1.30 bits per heavy atom. The first kappa shape index (κ1) is 15.8. The Balaban J connectivity index is 2.08. The first-order valence-corrected chi connectivity index (χ1v) is 8.83. The molecule has 3 nitrogen and oxygen atoms in total. The molecule has 2 rings (SSSR count). The highest BCUT2D eigenvalue weighted by Crippen LogP contribution is 2.34. The monoisotopic (exact) mass is 295 g/mol. The van der Waals surface area contributed by atoms with Crippen LogP contribution in [0, 0.1) is 11.8 Å². The number of nitrogens with zero attached hydrogens (tertiary/aromatic N) is 2. The van der Waals surface area contributed by atoms with E-state index in [-0.39, 0.29) is 0 Å². The van der Waals surface area contributed by atoms with Gasteiger partial charge in [0, 0.05) is 24.5 Å². The van der Waals surface area contributed by atoms with Crippen LogP contribution in [0.4, 0.5) is 5.13 Å². The second-order valence-electron chi connectivity index (χ2n) is 6.39. The summed E-state index contributed by atoms with van der Waals surface area (Å²) in [7, 11) is 0. The minimum absolute atomic E-state index is 0.520. The molecule has 0 saturated carbocycles. The average molecular weight is 295 g/mol. The van der Waals surface area contributed by atoms with Crippen LogP contribution in [0.1, 0.15) is 63.4 Å². The van der Waals surface area contributed by atoms with E-state index in [4.69, 9.17) is 10.7 Å². The molecule has 1 atom stereocenters. The lowest BCUT2D eigenvalue weighted by atomic mass is 9.87. The van der Waals surface area contributed by atoms with Crippen LogP contribution >= 0.6 is 11.3 Å². The first-order valence-electron chi connectivity index (χ1n) is 8.01. The van der Waals surface area contributed by atoms with E-state index in [9.17, 15) is 0 Å². The van der Waals surface area contributed by atoms with Crippen LogP contribution in [0.2, 0.25) is 0 Å². The fourth-order valence-corrected chi connectivity index (χ4v) is 4.08. The van der Waals surface area contributed by atoms with E-state index < -0.39 is 0 Å². The van der Waals surface area contributed by atoms with E-state index in [1.807, 2.05) is 11.3 Å².